The fourth-order valence-corrected chi connectivity index (χ4v) is 4.60. The zero-order chi connectivity index (χ0) is 9.71. The van der Waals surface area contributed by atoms with E-state index in [1.54, 1.807) is 0 Å². The standard InChI is InChI=1S/C12H15ClS/c1-7-5-6-10(14-7)12(13)11-8-3-2-4-9(8)11/h5-6,8-9,11-12H,2-4H2,1H3. The minimum absolute atomic E-state index is 0.309. The van der Waals surface area contributed by atoms with Crippen LogP contribution in [0.25, 0.3) is 0 Å². The highest BCUT2D eigenvalue weighted by Gasteiger charge is 2.55. The molecule has 3 unspecified atom stereocenters. The van der Waals surface area contributed by atoms with Gasteiger partial charge >= 0.3 is 0 Å². The first-order chi connectivity index (χ1) is 6.77. The van der Waals surface area contributed by atoms with Crippen LogP contribution in [0.5, 0.6) is 0 Å². The van der Waals surface area contributed by atoms with E-state index in [4.69, 9.17) is 11.6 Å². The van der Waals surface area contributed by atoms with Crippen molar-refractivity contribution in [3.05, 3.63) is 21.9 Å². The number of rotatable bonds is 2. The van der Waals surface area contributed by atoms with E-state index in [1.165, 1.54) is 29.0 Å². The first-order valence-corrected chi connectivity index (χ1v) is 6.73. The van der Waals surface area contributed by atoms with E-state index in [9.17, 15) is 0 Å². The number of thiophene rings is 1. The molecule has 1 aromatic heterocycles. The Kier molecular flexibility index (Phi) is 2.14. The Morgan fingerprint density at radius 3 is 2.64 bits per heavy atom. The van der Waals surface area contributed by atoms with Crippen LogP contribution in [0.1, 0.15) is 34.4 Å². The van der Waals surface area contributed by atoms with Crippen LogP contribution in [0.15, 0.2) is 12.1 Å². The zero-order valence-corrected chi connectivity index (χ0v) is 9.94. The second-order valence-electron chi connectivity index (χ2n) is 4.69. The average molecular weight is 227 g/mol. The molecule has 0 N–H and O–H groups in total. The molecule has 2 fully saturated rings. The highest BCUT2D eigenvalue weighted by molar-refractivity contribution is 7.12. The van der Waals surface area contributed by atoms with Gasteiger partial charge in [-0.2, -0.15) is 0 Å². The van der Waals surface area contributed by atoms with Gasteiger partial charge in [-0.25, -0.2) is 0 Å². The Morgan fingerprint density at radius 1 is 1.36 bits per heavy atom. The van der Waals surface area contributed by atoms with E-state index in [1.807, 2.05) is 11.3 Å². The van der Waals surface area contributed by atoms with Gasteiger partial charge in [-0.05, 0) is 49.7 Å². The second-order valence-corrected chi connectivity index (χ2v) is 6.48. The van der Waals surface area contributed by atoms with Crippen LogP contribution in [-0.2, 0) is 0 Å². The maximum Gasteiger partial charge on any atom is 0.0712 e. The topological polar surface area (TPSA) is 0 Å². The van der Waals surface area contributed by atoms with Gasteiger partial charge < -0.3 is 0 Å². The Morgan fingerprint density at radius 2 is 2.07 bits per heavy atom. The molecule has 0 spiro atoms. The largest absolute Gasteiger partial charge is 0.144 e. The zero-order valence-electron chi connectivity index (χ0n) is 8.37. The molecule has 0 nitrogen and oxygen atoms in total. The molecule has 1 heterocycles. The summed E-state index contributed by atoms with van der Waals surface area (Å²) in [5, 5.41) is 0.309. The number of hydrogen-bond acceptors (Lipinski definition) is 1. The van der Waals surface area contributed by atoms with Crippen molar-refractivity contribution >= 4 is 22.9 Å². The molecule has 2 aliphatic rings. The molecule has 2 heteroatoms. The first kappa shape index (κ1) is 9.23. The smallest absolute Gasteiger partial charge is 0.0712 e. The predicted molar refractivity (Wildman–Crippen MR) is 62.0 cm³/mol. The molecule has 0 aromatic carbocycles. The van der Waals surface area contributed by atoms with E-state index in [0.717, 1.165) is 17.8 Å². The van der Waals surface area contributed by atoms with Crippen LogP contribution in [0.3, 0.4) is 0 Å². The fourth-order valence-electron chi connectivity index (χ4n) is 3.10. The van der Waals surface area contributed by atoms with Crippen molar-refractivity contribution in [1.82, 2.24) is 0 Å². The summed E-state index contributed by atoms with van der Waals surface area (Å²) in [6.07, 6.45) is 4.31. The van der Waals surface area contributed by atoms with Crippen LogP contribution >= 0.6 is 22.9 Å². The SMILES string of the molecule is Cc1ccc(C(Cl)C2C3CCCC32)s1. The normalized spacial score (nSPS) is 36.9. The lowest BCUT2D eigenvalue weighted by molar-refractivity contribution is 0.577. The number of halogens is 1. The van der Waals surface area contributed by atoms with Crippen LogP contribution in [-0.4, -0.2) is 0 Å². The van der Waals surface area contributed by atoms with E-state index in [2.05, 4.69) is 19.1 Å². The molecule has 0 aliphatic heterocycles. The lowest BCUT2D eigenvalue weighted by Crippen LogP contribution is -1.95. The Balaban J connectivity index is 1.75. The quantitative estimate of drug-likeness (QED) is 0.657. The van der Waals surface area contributed by atoms with Gasteiger partial charge in [0.25, 0.3) is 0 Å². The van der Waals surface area contributed by atoms with Crippen molar-refractivity contribution in [2.24, 2.45) is 17.8 Å². The molecule has 14 heavy (non-hydrogen) atoms. The van der Waals surface area contributed by atoms with E-state index in [-0.39, 0.29) is 0 Å². The van der Waals surface area contributed by atoms with Crippen LogP contribution in [0.2, 0.25) is 0 Å². The third-order valence-electron chi connectivity index (χ3n) is 3.84. The molecule has 3 atom stereocenters. The van der Waals surface area contributed by atoms with E-state index in [0.29, 0.717) is 5.38 Å². The summed E-state index contributed by atoms with van der Waals surface area (Å²) in [7, 11) is 0. The molecule has 0 radical (unpaired) electrons. The summed E-state index contributed by atoms with van der Waals surface area (Å²) in [4.78, 5) is 2.78. The number of hydrogen-bond donors (Lipinski definition) is 0. The molecule has 2 aliphatic carbocycles. The van der Waals surface area contributed by atoms with Gasteiger partial charge in [0, 0.05) is 9.75 Å². The Hall–Kier alpha value is -0.0100. The highest BCUT2D eigenvalue weighted by atomic mass is 35.5. The maximum absolute atomic E-state index is 6.53. The molecule has 0 amide bonds. The molecule has 0 saturated heterocycles. The summed E-state index contributed by atoms with van der Waals surface area (Å²) < 4.78 is 0. The summed E-state index contributed by atoms with van der Waals surface area (Å²) >= 11 is 8.40. The third-order valence-corrected chi connectivity index (χ3v) is 5.58. The van der Waals surface area contributed by atoms with Crippen molar-refractivity contribution in [3.8, 4) is 0 Å². The minimum Gasteiger partial charge on any atom is -0.144 e. The van der Waals surface area contributed by atoms with E-state index >= 15 is 0 Å². The minimum atomic E-state index is 0.309. The van der Waals surface area contributed by atoms with Gasteiger partial charge in [0.2, 0.25) is 0 Å². The van der Waals surface area contributed by atoms with Gasteiger partial charge in [0.1, 0.15) is 0 Å². The molecule has 0 bridgehead atoms. The van der Waals surface area contributed by atoms with Crippen molar-refractivity contribution < 1.29 is 0 Å². The predicted octanol–water partition coefficient (Wildman–Crippen LogP) is 4.38. The molecular weight excluding hydrogens is 212 g/mol. The van der Waals surface area contributed by atoms with Gasteiger partial charge in [0.05, 0.1) is 5.38 Å². The molecule has 3 rings (SSSR count). The third kappa shape index (κ3) is 1.33. The Bertz CT molecular complexity index is 334. The second kappa shape index (κ2) is 3.24. The van der Waals surface area contributed by atoms with Crippen LogP contribution in [0.4, 0.5) is 0 Å². The van der Waals surface area contributed by atoms with Crippen molar-refractivity contribution in [3.63, 3.8) is 0 Å². The monoisotopic (exact) mass is 226 g/mol. The van der Waals surface area contributed by atoms with Gasteiger partial charge in [-0.3, -0.25) is 0 Å². The average Bonchev–Trinajstić information content (AvgIpc) is 2.56. The maximum atomic E-state index is 6.53. The number of aryl methyl sites for hydroxylation is 1. The molecular formula is C12H15ClS. The molecule has 1 aromatic rings. The van der Waals surface area contributed by atoms with Gasteiger partial charge in [-0.15, -0.1) is 22.9 Å². The number of alkyl halides is 1. The van der Waals surface area contributed by atoms with Crippen molar-refractivity contribution in [2.45, 2.75) is 31.6 Å². The van der Waals surface area contributed by atoms with Crippen LogP contribution in [0, 0.1) is 24.7 Å². The first-order valence-electron chi connectivity index (χ1n) is 5.48. The van der Waals surface area contributed by atoms with Gasteiger partial charge in [-0.1, -0.05) is 6.42 Å². The lowest BCUT2D eigenvalue weighted by atomic mass is 10.1. The van der Waals surface area contributed by atoms with Crippen molar-refractivity contribution in [1.29, 1.82) is 0 Å². The molecule has 76 valence electrons. The van der Waals surface area contributed by atoms with E-state index < -0.39 is 0 Å². The summed E-state index contributed by atoms with van der Waals surface area (Å²) in [6.45, 7) is 2.16. The molecule has 2 saturated carbocycles. The lowest BCUT2D eigenvalue weighted by Gasteiger charge is -2.08. The van der Waals surface area contributed by atoms with Crippen LogP contribution < -0.4 is 0 Å². The fraction of sp³-hybridized carbons (Fsp3) is 0.667. The van der Waals surface area contributed by atoms with Gasteiger partial charge in [0.15, 0.2) is 0 Å². The summed E-state index contributed by atoms with van der Waals surface area (Å²) in [5.74, 6) is 2.75. The number of fused-ring (bicyclic) bond motifs is 1. The van der Waals surface area contributed by atoms with Crippen molar-refractivity contribution in [2.75, 3.05) is 0 Å². The highest BCUT2D eigenvalue weighted by Crippen LogP contribution is 2.64. The summed E-state index contributed by atoms with van der Waals surface area (Å²) in [5.41, 5.74) is 0. The summed E-state index contributed by atoms with van der Waals surface area (Å²) in [6, 6.07) is 4.40. The Labute approximate surface area is 94.3 Å².